The Kier molecular flexibility index (Phi) is 16.3. The summed E-state index contributed by atoms with van der Waals surface area (Å²) in [6, 6.07) is 0.333. The predicted molar refractivity (Wildman–Crippen MR) is 82.5 cm³/mol. The van der Waals surface area contributed by atoms with Crippen molar-refractivity contribution < 1.29 is 75.2 Å². The molecule has 1 fully saturated rings. The average Bonchev–Trinajstić information content (AvgIpc) is 2.53. The van der Waals surface area contributed by atoms with Gasteiger partial charge >= 0.3 is 21.1 Å². The molecule has 0 radical (unpaired) electrons. The number of aliphatic hydroxyl groups is 4. The van der Waals surface area contributed by atoms with Crippen molar-refractivity contribution in [3.63, 3.8) is 0 Å². The van der Waals surface area contributed by atoms with Crippen molar-refractivity contribution in [1.82, 2.24) is 6.15 Å². The predicted octanol–water partition coefficient (Wildman–Crippen LogP) is -5.09. The van der Waals surface area contributed by atoms with E-state index in [1.54, 1.807) is 0 Å². The molecule has 9 N–H and O–H groups in total. The number of halogens is 1. The first-order chi connectivity index (χ1) is 11.9. The number of carboxylic acids is 2. The van der Waals surface area contributed by atoms with Gasteiger partial charge in [0, 0.05) is 6.42 Å². The largest absolute Gasteiger partial charge is 2.00 e. The summed E-state index contributed by atoms with van der Waals surface area (Å²) in [5.74, 6) is -5.05. The van der Waals surface area contributed by atoms with E-state index in [1.165, 1.54) is 0 Å². The SMILES string of the molecule is CC(C)N.N.O=C([O-])C(F)(CCOC1O[C@H](CO)[C@@H](O)[C@H](O)[C@H]1O)C(=O)[O-].[Pt+2]. The molecular formula is C14H27FN2O10Pt. The van der Waals surface area contributed by atoms with Crippen molar-refractivity contribution in [1.29, 1.82) is 0 Å². The van der Waals surface area contributed by atoms with Crippen LogP contribution in [-0.2, 0) is 40.1 Å². The third kappa shape index (κ3) is 9.16. The number of hydrogen-bond donors (Lipinski definition) is 6. The first-order valence-corrected chi connectivity index (χ1v) is 7.68. The summed E-state index contributed by atoms with van der Waals surface area (Å²) in [5.41, 5.74) is 1.31. The molecule has 28 heavy (non-hydrogen) atoms. The van der Waals surface area contributed by atoms with Crippen LogP contribution < -0.4 is 22.1 Å². The standard InChI is InChI=1S/C11H17FO10.C3H9N.H3N.Pt/c12-11(9(17)18,10(19)20)1-2-21-8-7(16)6(15)5(14)4(3-13)22-8;1-3(2)4;;/h4-8,13-16H,1-3H2,(H,17,18)(H,19,20);3H,4H2,1-2H3;1H3;/q;;;+2/p-2/t4-,5-,6+,7-,8?;;;/m1.../s1. The number of nitrogens with two attached hydrogens (primary N) is 1. The van der Waals surface area contributed by atoms with Crippen LogP contribution >= 0.6 is 0 Å². The summed E-state index contributed by atoms with van der Waals surface area (Å²) in [4.78, 5) is 20.9. The topological polar surface area (TPSA) is 241 Å². The molecule has 0 spiro atoms. The molecule has 14 heteroatoms. The van der Waals surface area contributed by atoms with E-state index in [1.807, 2.05) is 13.8 Å². The molecule has 1 rings (SSSR count). The molecule has 0 aromatic heterocycles. The van der Waals surface area contributed by atoms with Crippen molar-refractivity contribution in [3.8, 4) is 0 Å². The van der Waals surface area contributed by atoms with E-state index in [9.17, 15) is 39.5 Å². The Morgan fingerprint density at radius 1 is 1.18 bits per heavy atom. The first-order valence-electron chi connectivity index (χ1n) is 7.68. The summed E-state index contributed by atoms with van der Waals surface area (Å²) in [6.45, 7) is 2.32. The molecule has 1 unspecified atom stereocenters. The number of rotatable bonds is 7. The Morgan fingerprint density at radius 3 is 1.96 bits per heavy atom. The molecule has 1 aliphatic rings. The van der Waals surface area contributed by atoms with Crippen molar-refractivity contribution in [3.05, 3.63) is 0 Å². The number of carbonyl (C=O) groups excluding carboxylic acids is 2. The summed E-state index contributed by atoms with van der Waals surface area (Å²) < 4.78 is 23.2. The second-order valence-corrected chi connectivity index (χ2v) is 5.94. The molecule has 0 aromatic rings. The molecule has 0 saturated carbocycles. The van der Waals surface area contributed by atoms with E-state index < -0.39 is 67.9 Å². The maximum atomic E-state index is 13.5. The Hall–Kier alpha value is -0.762. The fraction of sp³-hybridized carbons (Fsp3) is 0.857. The minimum Gasteiger partial charge on any atom is -0.546 e. The van der Waals surface area contributed by atoms with Crippen LogP contribution in [0.4, 0.5) is 4.39 Å². The molecule has 1 aliphatic heterocycles. The minimum atomic E-state index is -3.80. The molecule has 5 atom stereocenters. The zero-order valence-electron chi connectivity index (χ0n) is 15.3. The monoisotopic (exact) mass is 597 g/mol. The number of aliphatic carboxylic acids is 2. The molecule has 0 amide bonds. The Labute approximate surface area is 175 Å². The van der Waals surface area contributed by atoms with Gasteiger partial charge in [0.25, 0.3) is 0 Å². The second-order valence-electron chi connectivity index (χ2n) is 5.94. The summed E-state index contributed by atoms with van der Waals surface area (Å²) in [6.07, 6.45) is -9.27. The third-order valence-corrected chi connectivity index (χ3v) is 3.22. The van der Waals surface area contributed by atoms with Gasteiger partial charge in [-0.25, -0.2) is 4.39 Å². The summed E-state index contributed by atoms with van der Waals surface area (Å²) in [7, 11) is 0. The van der Waals surface area contributed by atoms with Crippen LogP contribution in [0.15, 0.2) is 0 Å². The number of ether oxygens (including phenoxy) is 2. The summed E-state index contributed by atoms with van der Waals surface area (Å²) in [5, 5.41) is 58.3. The number of carbonyl (C=O) groups is 2. The fourth-order valence-electron chi connectivity index (χ4n) is 1.81. The zero-order valence-corrected chi connectivity index (χ0v) is 17.6. The number of alkyl halides is 1. The quantitative estimate of drug-likeness (QED) is 0.151. The zero-order chi connectivity index (χ0) is 20.7. The molecule has 0 aliphatic carbocycles. The van der Waals surface area contributed by atoms with Gasteiger partial charge < -0.3 is 61.6 Å². The van der Waals surface area contributed by atoms with E-state index in [0.717, 1.165) is 0 Å². The maximum absolute atomic E-state index is 13.5. The van der Waals surface area contributed by atoms with Crippen LogP contribution in [0.25, 0.3) is 0 Å². The average molecular weight is 597 g/mol. The van der Waals surface area contributed by atoms with E-state index in [-0.39, 0.29) is 27.2 Å². The molecular weight excluding hydrogens is 570 g/mol. The van der Waals surface area contributed by atoms with Gasteiger partial charge in [0.1, 0.15) is 24.4 Å². The molecule has 0 bridgehead atoms. The van der Waals surface area contributed by atoms with Crippen molar-refractivity contribution in [2.24, 2.45) is 5.73 Å². The van der Waals surface area contributed by atoms with E-state index in [4.69, 9.17) is 20.3 Å². The third-order valence-electron chi connectivity index (χ3n) is 3.22. The molecule has 12 nitrogen and oxygen atoms in total. The van der Waals surface area contributed by atoms with Crippen LogP contribution in [0.1, 0.15) is 20.3 Å². The first kappa shape index (κ1) is 31.9. The molecule has 1 heterocycles. The van der Waals surface area contributed by atoms with E-state index >= 15 is 0 Å². The normalized spacial score (nSPS) is 27.0. The van der Waals surface area contributed by atoms with Crippen LogP contribution in [-0.4, -0.2) is 88.0 Å². The molecule has 1 saturated heterocycles. The van der Waals surface area contributed by atoms with Crippen LogP contribution in [0.5, 0.6) is 0 Å². The van der Waals surface area contributed by atoms with Gasteiger partial charge in [0.05, 0.1) is 25.2 Å². The van der Waals surface area contributed by atoms with Crippen molar-refractivity contribution in [2.45, 2.75) is 62.7 Å². The number of carboxylic acid groups (broad SMARTS) is 2. The van der Waals surface area contributed by atoms with Crippen LogP contribution in [0.2, 0.25) is 0 Å². The number of hydrogen-bond acceptors (Lipinski definition) is 12. The maximum Gasteiger partial charge on any atom is 2.00 e. The van der Waals surface area contributed by atoms with Crippen molar-refractivity contribution >= 4 is 11.9 Å². The van der Waals surface area contributed by atoms with Gasteiger partial charge in [-0.1, -0.05) is 13.8 Å². The van der Waals surface area contributed by atoms with Gasteiger partial charge in [0.2, 0.25) is 0 Å². The molecule has 0 aromatic carbocycles. The van der Waals surface area contributed by atoms with Crippen molar-refractivity contribution in [2.75, 3.05) is 13.2 Å². The van der Waals surface area contributed by atoms with Gasteiger partial charge in [-0.05, 0) is 6.04 Å². The fourth-order valence-corrected chi connectivity index (χ4v) is 1.81. The smallest absolute Gasteiger partial charge is 0.546 e. The Balaban J connectivity index is -0.000000948. The minimum absolute atomic E-state index is 0. The van der Waals surface area contributed by atoms with Gasteiger partial charge in [-0.15, -0.1) is 0 Å². The van der Waals surface area contributed by atoms with Crippen LogP contribution in [0, 0.1) is 0 Å². The second kappa shape index (κ2) is 14.3. The Morgan fingerprint density at radius 2 is 1.61 bits per heavy atom. The van der Waals surface area contributed by atoms with Gasteiger partial charge in [-0.2, -0.15) is 0 Å². The number of aliphatic hydroxyl groups excluding tert-OH is 4. The van der Waals surface area contributed by atoms with Gasteiger partial charge in [-0.3, -0.25) is 0 Å². The van der Waals surface area contributed by atoms with Crippen LogP contribution in [0.3, 0.4) is 0 Å². The van der Waals surface area contributed by atoms with E-state index in [2.05, 4.69) is 0 Å². The van der Waals surface area contributed by atoms with Gasteiger partial charge in [0.15, 0.2) is 12.0 Å². The van der Waals surface area contributed by atoms with E-state index in [0.29, 0.717) is 6.04 Å². The summed E-state index contributed by atoms with van der Waals surface area (Å²) >= 11 is 0. The molecule has 170 valence electrons. The Bertz CT molecular complexity index is 455.